The van der Waals surface area contributed by atoms with Crippen molar-refractivity contribution in [1.82, 2.24) is 15.6 Å². The molecule has 1 aromatic heterocycles. The van der Waals surface area contributed by atoms with E-state index in [4.69, 9.17) is 0 Å². The fourth-order valence-corrected chi connectivity index (χ4v) is 1.52. The molecule has 0 aliphatic carbocycles. The topological polar surface area (TPSA) is 58.5 Å². The second-order valence-electron chi connectivity index (χ2n) is 4.62. The second-order valence-corrected chi connectivity index (χ2v) is 4.62. The average Bonchev–Trinajstić information content (AvgIpc) is 2.47. The maximum absolute atomic E-state index is 12.1. The fraction of sp³-hybridized carbons (Fsp3) is 0.538. The summed E-state index contributed by atoms with van der Waals surface area (Å²) >= 11 is 0. The van der Waals surface area contributed by atoms with Crippen molar-refractivity contribution in [3.05, 3.63) is 23.9 Å². The summed E-state index contributed by atoms with van der Waals surface area (Å²) in [7, 11) is 1.38. The van der Waals surface area contributed by atoms with Crippen molar-refractivity contribution >= 4 is 5.96 Å². The van der Waals surface area contributed by atoms with Gasteiger partial charge in [-0.25, -0.2) is 4.98 Å². The van der Waals surface area contributed by atoms with Gasteiger partial charge in [0.25, 0.3) is 0 Å². The predicted octanol–water partition coefficient (Wildman–Crippen LogP) is 2.64. The molecule has 2 N–H and O–H groups in total. The first kappa shape index (κ1) is 19.8. The lowest BCUT2D eigenvalue weighted by atomic mass is 10.2. The molecule has 0 bridgehead atoms. The quantitative estimate of drug-likeness (QED) is 0.466. The van der Waals surface area contributed by atoms with E-state index in [1.54, 1.807) is 0 Å². The van der Waals surface area contributed by atoms with Crippen LogP contribution in [-0.4, -0.2) is 43.5 Å². The summed E-state index contributed by atoms with van der Waals surface area (Å²) in [6, 6.07) is 2.82. The van der Waals surface area contributed by atoms with Crippen LogP contribution < -0.4 is 15.4 Å². The first-order chi connectivity index (χ1) is 11.1. The number of alkyl halides is 6. The maximum Gasteiger partial charge on any atom is 0.422 e. The van der Waals surface area contributed by atoms with Crippen molar-refractivity contribution in [1.29, 1.82) is 0 Å². The second kappa shape index (κ2) is 8.60. The molecule has 0 unspecified atom stereocenters. The minimum Gasteiger partial charge on any atom is -0.468 e. The molecule has 1 rings (SSSR count). The van der Waals surface area contributed by atoms with Crippen molar-refractivity contribution in [3.63, 3.8) is 0 Å². The molecule has 0 fully saturated rings. The minimum atomic E-state index is -4.47. The summed E-state index contributed by atoms with van der Waals surface area (Å²) in [5, 5.41) is 5.22. The molecule has 0 aromatic carbocycles. The number of guanidine groups is 1. The average molecular weight is 358 g/mol. The Morgan fingerprint density at radius 3 is 2.46 bits per heavy atom. The molecule has 0 aliphatic rings. The minimum absolute atomic E-state index is 0.122. The molecule has 11 heteroatoms. The molecule has 136 valence electrons. The van der Waals surface area contributed by atoms with Gasteiger partial charge in [0.2, 0.25) is 5.88 Å². The summed E-state index contributed by atoms with van der Waals surface area (Å²) in [5.41, 5.74) is 0.529. The van der Waals surface area contributed by atoms with Crippen LogP contribution in [-0.2, 0) is 6.54 Å². The zero-order valence-corrected chi connectivity index (χ0v) is 12.6. The number of halogens is 6. The van der Waals surface area contributed by atoms with E-state index in [-0.39, 0.29) is 24.9 Å². The molecule has 5 nitrogen and oxygen atoms in total. The van der Waals surface area contributed by atoms with Crippen LogP contribution >= 0.6 is 0 Å². The number of aromatic nitrogens is 1. The van der Waals surface area contributed by atoms with E-state index in [2.05, 4.69) is 25.3 Å². The van der Waals surface area contributed by atoms with Gasteiger partial charge in [0, 0.05) is 32.4 Å². The molecular weight excluding hydrogens is 342 g/mol. The molecule has 24 heavy (non-hydrogen) atoms. The Balaban J connectivity index is 2.48. The van der Waals surface area contributed by atoms with Crippen LogP contribution in [0.5, 0.6) is 5.88 Å². The summed E-state index contributed by atoms with van der Waals surface area (Å²) in [6.07, 6.45) is -8.50. The first-order valence-electron chi connectivity index (χ1n) is 6.75. The molecule has 0 spiro atoms. The normalized spacial score (nSPS) is 12.9. The highest BCUT2D eigenvalue weighted by molar-refractivity contribution is 5.79. The molecular formula is C13H16F6N4O. The van der Waals surface area contributed by atoms with Crippen molar-refractivity contribution in [2.24, 2.45) is 4.99 Å². The monoisotopic (exact) mass is 358 g/mol. The van der Waals surface area contributed by atoms with Crippen LogP contribution in [0.3, 0.4) is 0 Å². The summed E-state index contributed by atoms with van der Waals surface area (Å²) in [4.78, 5) is 7.39. The van der Waals surface area contributed by atoms with Gasteiger partial charge < -0.3 is 15.4 Å². The third kappa shape index (κ3) is 9.06. The van der Waals surface area contributed by atoms with E-state index < -0.39 is 25.4 Å². The predicted molar refractivity (Wildman–Crippen MR) is 74.7 cm³/mol. The van der Waals surface area contributed by atoms with Crippen LogP contribution in [0.2, 0.25) is 0 Å². The molecule has 1 aromatic rings. The van der Waals surface area contributed by atoms with Crippen LogP contribution in [0.25, 0.3) is 0 Å². The summed E-state index contributed by atoms with van der Waals surface area (Å²) in [5.74, 6) is -0.0690. The van der Waals surface area contributed by atoms with E-state index in [0.29, 0.717) is 5.56 Å². The number of hydrogen-bond donors (Lipinski definition) is 2. The van der Waals surface area contributed by atoms with Crippen LogP contribution in [0.1, 0.15) is 12.0 Å². The van der Waals surface area contributed by atoms with Gasteiger partial charge in [-0.05, 0) is 11.6 Å². The molecule has 0 aliphatic heterocycles. The Morgan fingerprint density at radius 2 is 1.88 bits per heavy atom. The third-order valence-electron chi connectivity index (χ3n) is 2.57. The SMILES string of the molecule is CN=C(NCCC(F)(F)F)NCc1ccnc(OCC(F)(F)F)c1. The first-order valence-corrected chi connectivity index (χ1v) is 6.75. The van der Waals surface area contributed by atoms with Gasteiger partial charge in [-0.2, -0.15) is 26.3 Å². The lowest BCUT2D eigenvalue weighted by molar-refractivity contribution is -0.154. The molecule has 0 saturated carbocycles. The lowest BCUT2D eigenvalue weighted by Crippen LogP contribution is -2.38. The van der Waals surface area contributed by atoms with E-state index >= 15 is 0 Å². The zero-order chi connectivity index (χ0) is 18.2. The number of pyridine rings is 1. The third-order valence-corrected chi connectivity index (χ3v) is 2.57. The van der Waals surface area contributed by atoms with Gasteiger partial charge in [0.1, 0.15) is 0 Å². The number of ether oxygens (including phenoxy) is 1. The number of hydrogen-bond acceptors (Lipinski definition) is 3. The fourth-order valence-electron chi connectivity index (χ4n) is 1.52. The lowest BCUT2D eigenvalue weighted by Gasteiger charge is -2.13. The summed E-state index contributed by atoms with van der Waals surface area (Å²) in [6.45, 7) is -1.69. The number of nitrogens with one attached hydrogen (secondary N) is 2. The largest absolute Gasteiger partial charge is 0.468 e. The molecule has 1 heterocycles. The van der Waals surface area contributed by atoms with Gasteiger partial charge in [0.05, 0.1) is 6.42 Å². The Morgan fingerprint density at radius 1 is 1.17 bits per heavy atom. The maximum atomic E-state index is 12.1. The van der Waals surface area contributed by atoms with Gasteiger partial charge in [-0.1, -0.05) is 0 Å². The number of rotatable bonds is 6. The van der Waals surface area contributed by atoms with Gasteiger partial charge >= 0.3 is 12.4 Å². The van der Waals surface area contributed by atoms with Gasteiger partial charge in [0.15, 0.2) is 12.6 Å². The Labute approximate surface area is 134 Å². The van der Waals surface area contributed by atoms with E-state index in [9.17, 15) is 26.3 Å². The smallest absolute Gasteiger partial charge is 0.422 e. The number of nitrogens with zero attached hydrogens (tertiary/aromatic N) is 2. The Bertz CT molecular complexity index is 544. The van der Waals surface area contributed by atoms with Crippen LogP contribution in [0.15, 0.2) is 23.3 Å². The van der Waals surface area contributed by atoms with E-state index in [1.165, 1.54) is 25.4 Å². The standard InChI is InChI=1S/C13H16F6N4O/c1-20-11(22-5-3-12(14,15)16)23-7-9-2-4-21-10(6-9)24-8-13(17,18)19/h2,4,6H,3,5,7-8H2,1H3,(H2,20,22,23). The zero-order valence-electron chi connectivity index (χ0n) is 12.6. The van der Waals surface area contributed by atoms with Gasteiger partial charge in [-0.15, -0.1) is 0 Å². The van der Waals surface area contributed by atoms with Crippen molar-refractivity contribution < 1.29 is 31.1 Å². The van der Waals surface area contributed by atoms with E-state index in [1.807, 2.05) is 0 Å². The molecule has 0 radical (unpaired) electrons. The highest BCUT2D eigenvalue weighted by atomic mass is 19.4. The molecule has 0 saturated heterocycles. The van der Waals surface area contributed by atoms with E-state index in [0.717, 1.165) is 0 Å². The molecule has 0 atom stereocenters. The molecule has 0 amide bonds. The highest BCUT2D eigenvalue weighted by Crippen LogP contribution is 2.18. The van der Waals surface area contributed by atoms with Crippen LogP contribution in [0.4, 0.5) is 26.3 Å². The van der Waals surface area contributed by atoms with Crippen LogP contribution in [0, 0.1) is 0 Å². The van der Waals surface area contributed by atoms with Crippen molar-refractivity contribution in [2.75, 3.05) is 20.2 Å². The van der Waals surface area contributed by atoms with Crippen molar-refractivity contribution in [2.45, 2.75) is 25.3 Å². The van der Waals surface area contributed by atoms with Crippen molar-refractivity contribution in [3.8, 4) is 5.88 Å². The Kier molecular flexibility index (Phi) is 7.11. The number of aliphatic imine (C=N–C) groups is 1. The summed E-state index contributed by atoms with van der Waals surface area (Å²) < 4.78 is 76.9. The van der Waals surface area contributed by atoms with Gasteiger partial charge in [-0.3, -0.25) is 4.99 Å². The highest BCUT2D eigenvalue weighted by Gasteiger charge is 2.28. The Hall–Kier alpha value is -2.20.